The van der Waals surface area contributed by atoms with Gasteiger partial charge in [0.15, 0.2) is 0 Å². The van der Waals surface area contributed by atoms with Crippen molar-refractivity contribution in [3.63, 3.8) is 0 Å². The SMILES string of the molecule is CC(Sc1ccc(NC(=O)Cc2ccc(Cl)cc2)cc1)C(=O)Nc1ccc(C(=O)O)cc1. The molecule has 0 spiro atoms. The van der Waals surface area contributed by atoms with Crippen LogP contribution in [0.1, 0.15) is 22.8 Å². The van der Waals surface area contributed by atoms with Crippen LogP contribution in [0, 0.1) is 0 Å². The largest absolute Gasteiger partial charge is 0.478 e. The Morgan fingerprint density at radius 3 is 2.03 bits per heavy atom. The summed E-state index contributed by atoms with van der Waals surface area (Å²) in [6.45, 7) is 1.79. The number of amides is 2. The first-order valence-electron chi connectivity index (χ1n) is 9.75. The van der Waals surface area contributed by atoms with Gasteiger partial charge in [0.05, 0.1) is 17.2 Å². The number of thioether (sulfide) groups is 1. The van der Waals surface area contributed by atoms with Crippen LogP contribution in [-0.2, 0) is 16.0 Å². The van der Waals surface area contributed by atoms with Crippen molar-refractivity contribution in [3.8, 4) is 0 Å². The number of hydrogen-bond donors (Lipinski definition) is 3. The first-order chi connectivity index (χ1) is 15.3. The number of rotatable bonds is 8. The number of aromatic carboxylic acids is 1. The summed E-state index contributed by atoms with van der Waals surface area (Å²) in [7, 11) is 0. The molecule has 0 heterocycles. The summed E-state index contributed by atoms with van der Waals surface area (Å²) in [5, 5.41) is 14.8. The third kappa shape index (κ3) is 6.87. The van der Waals surface area contributed by atoms with E-state index in [0.29, 0.717) is 16.4 Å². The zero-order valence-electron chi connectivity index (χ0n) is 17.2. The van der Waals surface area contributed by atoms with Crippen LogP contribution in [0.4, 0.5) is 11.4 Å². The molecule has 3 aromatic rings. The van der Waals surface area contributed by atoms with Crippen LogP contribution in [0.2, 0.25) is 5.02 Å². The van der Waals surface area contributed by atoms with Crippen LogP contribution in [0.15, 0.2) is 77.7 Å². The summed E-state index contributed by atoms with van der Waals surface area (Å²) < 4.78 is 0. The summed E-state index contributed by atoms with van der Waals surface area (Å²) >= 11 is 7.24. The van der Waals surface area contributed by atoms with Crippen LogP contribution < -0.4 is 10.6 Å². The van der Waals surface area contributed by atoms with Crippen molar-refractivity contribution in [1.29, 1.82) is 0 Å². The zero-order chi connectivity index (χ0) is 23.1. The Morgan fingerprint density at radius 2 is 1.44 bits per heavy atom. The van der Waals surface area contributed by atoms with Gasteiger partial charge in [-0.1, -0.05) is 23.7 Å². The summed E-state index contributed by atoms with van der Waals surface area (Å²) in [5.74, 6) is -1.34. The lowest BCUT2D eigenvalue weighted by molar-refractivity contribution is -0.116. The fraction of sp³-hybridized carbons (Fsp3) is 0.125. The Balaban J connectivity index is 1.50. The average molecular weight is 469 g/mol. The fourth-order valence-electron chi connectivity index (χ4n) is 2.81. The van der Waals surface area contributed by atoms with Gasteiger partial charge >= 0.3 is 5.97 Å². The summed E-state index contributed by atoms with van der Waals surface area (Å²) in [6, 6.07) is 20.4. The standard InChI is InChI=1S/C24H21ClN2O4S/c1-15(23(29)27-20-8-4-17(5-9-20)24(30)31)32-21-12-10-19(11-13-21)26-22(28)14-16-2-6-18(25)7-3-16/h2-13,15H,14H2,1H3,(H,26,28)(H,27,29)(H,30,31). The van der Waals surface area contributed by atoms with Crippen molar-refractivity contribution < 1.29 is 19.5 Å². The molecule has 0 aromatic heterocycles. The molecule has 164 valence electrons. The molecule has 32 heavy (non-hydrogen) atoms. The molecule has 0 saturated carbocycles. The van der Waals surface area contributed by atoms with Gasteiger partial charge in [-0.3, -0.25) is 9.59 Å². The van der Waals surface area contributed by atoms with Gasteiger partial charge < -0.3 is 15.7 Å². The lowest BCUT2D eigenvalue weighted by Crippen LogP contribution is -2.22. The topological polar surface area (TPSA) is 95.5 Å². The van der Waals surface area contributed by atoms with Crippen LogP contribution >= 0.6 is 23.4 Å². The lowest BCUT2D eigenvalue weighted by atomic mass is 10.1. The molecule has 6 nitrogen and oxygen atoms in total. The highest BCUT2D eigenvalue weighted by Gasteiger charge is 2.15. The van der Waals surface area contributed by atoms with Crippen molar-refractivity contribution in [2.75, 3.05) is 10.6 Å². The van der Waals surface area contributed by atoms with E-state index in [1.54, 1.807) is 43.3 Å². The van der Waals surface area contributed by atoms with Gasteiger partial charge in [-0.2, -0.15) is 0 Å². The predicted octanol–water partition coefficient (Wildman–Crippen LogP) is 5.34. The second-order valence-electron chi connectivity index (χ2n) is 7.01. The van der Waals surface area contributed by atoms with E-state index < -0.39 is 5.97 Å². The predicted molar refractivity (Wildman–Crippen MR) is 128 cm³/mol. The lowest BCUT2D eigenvalue weighted by Gasteiger charge is -2.13. The number of anilines is 2. The zero-order valence-corrected chi connectivity index (χ0v) is 18.7. The van der Waals surface area contributed by atoms with Crippen LogP contribution in [0.25, 0.3) is 0 Å². The highest BCUT2D eigenvalue weighted by molar-refractivity contribution is 8.00. The number of halogens is 1. The van der Waals surface area contributed by atoms with Gasteiger partial charge in [0.2, 0.25) is 11.8 Å². The molecule has 0 aliphatic heterocycles. The molecular formula is C24H21ClN2O4S. The number of carboxylic acids is 1. The third-order valence-corrected chi connectivity index (χ3v) is 5.86. The Hall–Kier alpha value is -3.29. The third-order valence-electron chi connectivity index (χ3n) is 4.50. The Morgan fingerprint density at radius 1 is 0.875 bits per heavy atom. The molecule has 0 aliphatic carbocycles. The Kier molecular flexibility index (Phi) is 7.92. The minimum absolute atomic E-state index is 0.130. The molecule has 0 fully saturated rings. The molecule has 1 atom stereocenters. The van der Waals surface area contributed by atoms with E-state index in [1.807, 2.05) is 24.3 Å². The molecule has 2 amide bonds. The summed E-state index contributed by atoms with van der Waals surface area (Å²) in [6.07, 6.45) is 0.248. The molecule has 0 saturated heterocycles. The van der Waals surface area contributed by atoms with Crippen LogP contribution in [0.5, 0.6) is 0 Å². The van der Waals surface area contributed by atoms with Gasteiger partial charge in [0.1, 0.15) is 0 Å². The van der Waals surface area contributed by atoms with E-state index in [9.17, 15) is 14.4 Å². The molecule has 0 radical (unpaired) electrons. The number of carbonyl (C=O) groups is 3. The second kappa shape index (κ2) is 10.8. The van der Waals surface area contributed by atoms with E-state index in [1.165, 1.54) is 23.9 Å². The van der Waals surface area contributed by atoms with Gasteiger partial charge in [-0.15, -0.1) is 11.8 Å². The highest BCUT2D eigenvalue weighted by atomic mass is 35.5. The number of carbonyl (C=O) groups excluding carboxylic acids is 2. The van der Waals surface area contributed by atoms with Crippen molar-refractivity contribution in [2.24, 2.45) is 0 Å². The number of hydrogen-bond acceptors (Lipinski definition) is 4. The van der Waals surface area contributed by atoms with Crippen molar-refractivity contribution >= 4 is 52.5 Å². The van der Waals surface area contributed by atoms with E-state index in [-0.39, 0.29) is 29.0 Å². The molecule has 0 aliphatic rings. The highest BCUT2D eigenvalue weighted by Crippen LogP contribution is 2.26. The molecule has 3 rings (SSSR count). The van der Waals surface area contributed by atoms with Crippen molar-refractivity contribution in [1.82, 2.24) is 0 Å². The van der Waals surface area contributed by atoms with Crippen molar-refractivity contribution in [2.45, 2.75) is 23.5 Å². The summed E-state index contributed by atoms with van der Waals surface area (Å²) in [5.41, 5.74) is 2.23. The quantitative estimate of drug-likeness (QED) is 0.388. The smallest absolute Gasteiger partial charge is 0.335 e. The summed E-state index contributed by atoms with van der Waals surface area (Å²) in [4.78, 5) is 36.4. The normalized spacial score (nSPS) is 11.4. The average Bonchev–Trinajstić information content (AvgIpc) is 2.77. The molecule has 1 unspecified atom stereocenters. The van der Waals surface area contributed by atoms with E-state index >= 15 is 0 Å². The Labute approximate surface area is 195 Å². The molecule has 3 N–H and O–H groups in total. The Bertz CT molecular complexity index is 1100. The molecule has 0 bridgehead atoms. The van der Waals surface area contributed by atoms with Gasteiger partial charge in [0, 0.05) is 21.3 Å². The number of nitrogens with one attached hydrogen (secondary N) is 2. The maximum absolute atomic E-state index is 12.4. The number of benzene rings is 3. The molecule has 3 aromatic carbocycles. The van der Waals surface area contributed by atoms with Gasteiger partial charge in [-0.25, -0.2) is 4.79 Å². The van der Waals surface area contributed by atoms with E-state index in [4.69, 9.17) is 16.7 Å². The first kappa shape index (κ1) is 23.4. The molecular weight excluding hydrogens is 448 g/mol. The van der Waals surface area contributed by atoms with Crippen molar-refractivity contribution in [3.05, 3.63) is 88.9 Å². The molecule has 8 heteroatoms. The maximum Gasteiger partial charge on any atom is 0.335 e. The second-order valence-corrected chi connectivity index (χ2v) is 8.86. The first-order valence-corrected chi connectivity index (χ1v) is 11.0. The maximum atomic E-state index is 12.4. The monoisotopic (exact) mass is 468 g/mol. The minimum Gasteiger partial charge on any atom is -0.478 e. The fourth-order valence-corrected chi connectivity index (χ4v) is 3.80. The van der Waals surface area contributed by atoms with Crippen LogP contribution in [-0.4, -0.2) is 28.1 Å². The van der Waals surface area contributed by atoms with Crippen LogP contribution in [0.3, 0.4) is 0 Å². The van der Waals surface area contributed by atoms with E-state index in [0.717, 1.165) is 10.5 Å². The van der Waals surface area contributed by atoms with Gasteiger partial charge in [-0.05, 0) is 73.2 Å². The van der Waals surface area contributed by atoms with Gasteiger partial charge in [0.25, 0.3) is 0 Å². The minimum atomic E-state index is -1.02. The van der Waals surface area contributed by atoms with E-state index in [2.05, 4.69) is 10.6 Å². The number of carboxylic acid groups (broad SMARTS) is 1.